The summed E-state index contributed by atoms with van der Waals surface area (Å²) in [4.78, 5) is 20.3. The van der Waals surface area contributed by atoms with E-state index in [2.05, 4.69) is 20.4 Å². The Hall–Kier alpha value is -2.02. The summed E-state index contributed by atoms with van der Waals surface area (Å²) >= 11 is 0. The maximum absolute atomic E-state index is 12.0. The molecule has 0 aromatic carbocycles. The first kappa shape index (κ1) is 13.4. The number of fused-ring (bicyclic) bond motifs is 1. The molecule has 102 valence electrons. The molecule has 0 saturated carbocycles. The molecule has 0 aliphatic rings. The van der Waals surface area contributed by atoms with Crippen molar-refractivity contribution in [1.29, 1.82) is 0 Å². The Kier molecular flexibility index (Phi) is 3.75. The van der Waals surface area contributed by atoms with Crippen molar-refractivity contribution in [3.63, 3.8) is 0 Å². The van der Waals surface area contributed by atoms with Gasteiger partial charge in [0.15, 0.2) is 0 Å². The number of rotatable bonds is 4. The molecular formula is C12H17N5O2. The van der Waals surface area contributed by atoms with E-state index in [1.165, 1.54) is 4.52 Å². The molecule has 7 heteroatoms. The van der Waals surface area contributed by atoms with Gasteiger partial charge in [-0.15, -0.1) is 5.10 Å². The molecule has 2 aromatic heterocycles. The van der Waals surface area contributed by atoms with Crippen molar-refractivity contribution in [3.8, 4) is 0 Å². The van der Waals surface area contributed by atoms with Gasteiger partial charge in [-0.05, 0) is 26.3 Å². The van der Waals surface area contributed by atoms with E-state index in [9.17, 15) is 4.79 Å². The highest BCUT2D eigenvalue weighted by Gasteiger charge is 2.17. The predicted molar refractivity (Wildman–Crippen MR) is 68.9 cm³/mol. The molecule has 0 aliphatic heterocycles. The zero-order chi connectivity index (χ0) is 14.0. The number of nitrogens with zero attached hydrogens (tertiary/aromatic N) is 4. The summed E-state index contributed by atoms with van der Waals surface area (Å²) in [5.74, 6) is 0.0660. The lowest BCUT2D eigenvalue weighted by Gasteiger charge is -2.11. The van der Waals surface area contributed by atoms with E-state index in [0.717, 1.165) is 11.4 Å². The minimum atomic E-state index is -0.400. The summed E-state index contributed by atoms with van der Waals surface area (Å²) in [6.45, 7) is 5.51. The minimum Gasteiger partial charge on any atom is -0.394 e. The van der Waals surface area contributed by atoms with Crippen molar-refractivity contribution < 1.29 is 9.90 Å². The average molecular weight is 263 g/mol. The van der Waals surface area contributed by atoms with Crippen LogP contribution in [-0.4, -0.2) is 43.2 Å². The molecule has 1 amide bonds. The lowest BCUT2D eigenvalue weighted by atomic mass is 10.2. The van der Waals surface area contributed by atoms with E-state index in [1.54, 1.807) is 0 Å². The standard InChI is InChI=1S/C12H17N5O2/c1-4-9(6-18)14-11(19)10-15-12-13-7(2)5-8(3)17(12)16-10/h5,9,18H,4,6H2,1-3H3,(H,14,19)/t9-/m1/s1. The third kappa shape index (κ3) is 2.70. The second-order valence-corrected chi connectivity index (χ2v) is 4.45. The predicted octanol–water partition coefficient (Wildman–Crippen LogP) is 0.242. The fourth-order valence-corrected chi connectivity index (χ4v) is 1.79. The van der Waals surface area contributed by atoms with Gasteiger partial charge in [-0.25, -0.2) is 9.50 Å². The van der Waals surface area contributed by atoms with Crippen molar-refractivity contribution in [2.45, 2.75) is 33.2 Å². The van der Waals surface area contributed by atoms with Crippen LogP contribution < -0.4 is 5.32 Å². The lowest BCUT2D eigenvalue weighted by Crippen LogP contribution is -2.37. The van der Waals surface area contributed by atoms with E-state index in [-0.39, 0.29) is 18.5 Å². The van der Waals surface area contributed by atoms with Crippen LogP contribution in [0.5, 0.6) is 0 Å². The van der Waals surface area contributed by atoms with Gasteiger partial charge in [0.1, 0.15) is 0 Å². The Labute approximate surface area is 110 Å². The Balaban J connectivity index is 2.31. The normalized spacial score (nSPS) is 12.6. The quantitative estimate of drug-likeness (QED) is 0.824. The smallest absolute Gasteiger partial charge is 0.291 e. The fourth-order valence-electron chi connectivity index (χ4n) is 1.79. The molecule has 0 radical (unpaired) electrons. The molecule has 0 bridgehead atoms. The van der Waals surface area contributed by atoms with Gasteiger partial charge >= 0.3 is 0 Å². The number of nitrogens with one attached hydrogen (secondary N) is 1. The van der Waals surface area contributed by atoms with E-state index < -0.39 is 5.91 Å². The third-order valence-electron chi connectivity index (χ3n) is 2.87. The van der Waals surface area contributed by atoms with E-state index >= 15 is 0 Å². The summed E-state index contributed by atoms with van der Waals surface area (Å²) in [6, 6.07) is 1.58. The van der Waals surface area contributed by atoms with Gasteiger partial charge in [0.05, 0.1) is 12.6 Å². The number of aliphatic hydroxyl groups excluding tert-OH is 1. The largest absolute Gasteiger partial charge is 0.394 e. The van der Waals surface area contributed by atoms with Crippen LogP contribution in [-0.2, 0) is 0 Å². The van der Waals surface area contributed by atoms with Crippen molar-refractivity contribution in [3.05, 3.63) is 23.3 Å². The Morgan fingerprint density at radius 1 is 1.47 bits per heavy atom. The molecular weight excluding hydrogens is 246 g/mol. The third-order valence-corrected chi connectivity index (χ3v) is 2.87. The highest BCUT2D eigenvalue weighted by Crippen LogP contribution is 2.05. The Bertz CT molecular complexity index is 603. The van der Waals surface area contributed by atoms with E-state index in [4.69, 9.17) is 5.11 Å². The van der Waals surface area contributed by atoms with E-state index in [1.807, 2.05) is 26.8 Å². The highest BCUT2D eigenvalue weighted by atomic mass is 16.3. The van der Waals surface area contributed by atoms with Gasteiger partial charge in [-0.2, -0.15) is 4.98 Å². The monoisotopic (exact) mass is 263 g/mol. The van der Waals surface area contributed by atoms with Crippen LogP contribution in [0.15, 0.2) is 6.07 Å². The number of amides is 1. The molecule has 2 rings (SSSR count). The molecule has 2 N–H and O–H groups in total. The molecule has 0 fully saturated rings. The molecule has 0 aliphatic carbocycles. The maximum atomic E-state index is 12.0. The zero-order valence-electron chi connectivity index (χ0n) is 11.2. The number of aryl methyl sites for hydroxylation is 2. The van der Waals surface area contributed by atoms with E-state index in [0.29, 0.717) is 12.2 Å². The summed E-state index contributed by atoms with van der Waals surface area (Å²) in [5, 5.41) is 15.9. The molecule has 0 spiro atoms. The molecule has 2 aromatic rings. The highest BCUT2D eigenvalue weighted by molar-refractivity contribution is 5.91. The van der Waals surface area contributed by atoms with Gasteiger partial charge in [0.25, 0.3) is 11.7 Å². The van der Waals surface area contributed by atoms with Gasteiger partial charge in [0.2, 0.25) is 5.82 Å². The number of aromatic nitrogens is 4. The van der Waals surface area contributed by atoms with Crippen LogP contribution in [0.4, 0.5) is 0 Å². The molecule has 0 unspecified atom stereocenters. The Morgan fingerprint density at radius 3 is 2.84 bits per heavy atom. The van der Waals surface area contributed by atoms with Crippen LogP contribution in [0, 0.1) is 13.8 Å². The first-order valence-electron chi connectivity index (χ1n) is 6.18. The molecule has 19 heavy (non-hydrogen) atoms. The zero-order valence-corrected chi connectivity index (χ0v) is 11.2. The molecule has 1 atom stereocenters. The van der Waals surface area contributed by atoms with Crippen LogP contribution in [0.1, 0.15) is 35.4 Å². The lowest BCUT2D eigenvalue weighted by molar-refractivity contribution is 0.0904. The first-order chi connectivity index (χ1) is 9.05. The summed E-state index contributed by atoms with van der Waals surface area (Å²) in [6.07, 6.45) is 0.645. The second kappa shape index (κ2) is 5.31. The average Bonchev–Trinajstić information content (AvgIpc) is 2.79. The minimum absolute atomic E-state index is 0.0631. The summed E-state index contributed by atoms with van der Waals surface area (Å²) in [5.41, 5.74) is 1.69. The van der Waals surface area contributed by atoms with Crippen LogP contribution in [0.25, 0.3) is 5.78 Å². The van der Waals surface area contributed by atoms with Crippen molar-refractivity contribution in [2.75, 3.05) is 6.61 Å². The van der Waals surface area contributed by atoms with Crippen molar-refractivity contribution >= 4 is 11.7 Å². The van der Waals surface area contributed by atoms with Crippen LogP contribution in [0.3, 0.4) is 0 Å². The first-order valence-corrected chi connectivity index (χ1v) is 6.18. The van der Waals surface area contributed by atoms with Gasteiger partial charge < -0.3 is 10.4 Å². The van der Waals surface area contributed by atoms with Crippen molar-refractivity contribution in [2.24, 2.45) is 0 Å². The SMILES string of the molecule is CC[C@H](CO)NC(=O)c1nc2nc(C)cc(C)n2n1. The number of carbonyl (C=O) groups excluding carboxylic acids is 1. The van der Waals surface area contributed by atoms with Crippen LogP contribution >= 0.6 is 0 Å². The van der Waals surface area contributed by atoms with Gasteiger partial charge in [-0.3, -0.25) is 4.79 Å². The topological polar surface area (TPSA) is 92.4 Å². The van der Waals surface area contributed by atoms with Crippen LogP contribution in [0.2, 0.25) is 0 Å². The molecule has 7 nitrogen and oxygen atoms in total. The number of aliphatic hydroxyl groups is 1. The van der Waals surface area contributed by atoms with Gasteiger partial charge in [-0.1, -0.05) is 6.92 Å². The van der Waals surface area contributed by atoms with Gasteiger partial charge in [0, 0.05) is 11.4 Å². The van der Waals surface area contributed by atoms with Crippen molar-refractivity contribution in [1.82, 2.24) is 24.9 Å². The number of hydrogen-bond acceptors (Lipinski definition) is 5. The molecule has 0 saturated heterocycles. The summed E-state index contributed by atoms with van der Waals surface area (Å²) < 4.78 is 1.53. The maximum Gasteiger partial charge on any atom is 0.291 e. The molecule has 2 heterocycles. The summed E-state index contributed by atoms with van der Waals surface area (Å²) in [7, 11) is 0. The fraction of sp³-hybridized carbons (Fsp3) is 0.500. The number of hydrogen-bond donors (Lipinski definition) is 2. The Morgan fingerprint density at radius 2 is 2.21 bits per heavy atom. The second-order valence-electron chi connectivity index (χ2n) is 4.45. The number of carbonyl (C=O) groups is 1.